The van der Waals surface area contributed by atoms with Crippen LogP contribution in [0.2, 0.25) is 0 Å². The molecule has 2 fully saturated rings. The van der Waals surface area contributed by atoms with Crippen LogP contribution in [0.3, 0.4) is 0 Å². The van der Waals surface area contributed by atoms with Gasteiger partial charge in [-0.25, -0.2) is 9.18 Å². The Morgan fingerprint density at radius 1 is 1.19 bits per heavy atom. The molecule has 4 rings (SSSR count). The summed E-state index contributed by atoms with van der Waals surface area (Å²) >= 11 is 0. The summed E-state index contributed by atoms with van der Waals surface area (Å²) in [6.07, 6.45) is 7.33. The molecule has 2 aromatic rings. The zero-order valence-electron chi connectivity index (χ0n) is 14.7. The number of urea groups is 1. The van der Waals surface area contributed by atoms with Crippen LogP contribution in [0.1, 0.15) is 37.9 Å². The van der Waals surface area contributed by atoms with Crippen LogP contribution < -0.4 is 15.5 Å². The number of anilines is 1. The van der Waals surface area contributed by atoms with E-state index in [9.17, 15) is 9.18 Å². The summed E-state index contributed by atoms with van der Waals surface area (Å²) in [5.74, 6) is 0.680. The van der Waals surface area contributed by atoms with Crippen LogP contribution >= 0.6 is 0 Å². The van der Waals surface area contributed by atoms with Crippen molar-refractivity contribution in [2.45, 2.75) is 56.8 Å². The van der Waals surface area contributed by atoms with E-state index in [1.54, 1.807) is 23.3 Å². The third-order valence-corrected chi connectivity index (χ3v) is 5.67. The molecule has 1 aromatic carbocycles. The van der Waals surface area contributed by atoms with Gasteiger partial charge in [-0.15, -0.1) is 0 Å². The van der Waals surface area contributed by atoms with E-state index < -0.39 is 0 Å². The Morgan fingerprint density at radius 2 is 2.00 bits per heavy atom. The van der Waals surface area contributed by atoms with Crippen LogP contribution in [-0.4, -0.2) is 24.2 Å². The van der Waals surface area contributed by atoms with Crippen molar-refractivity contribution in [2.75, 3.05) is 5.32 Å². The number of hydrogen-bond acceptors (Lipinski definition) is 2. The van der Waals surface area contributed by atoms with Gasteiger partial charge in [0.15, 0.2) is 5.76 Å². The lowest BCUT2D eigenvalue weighted by atomic mass is 9.81. The number of halogens is 1. The molecular formula is C20H25FN3O2+. The van der Waals surface area contributed by atoms with Crippen molar-refractivity contribution in [1.29, 1.82) is 0 Å². The zero-order valence-corrected chi connectivity index (χ0v) is 14.7. The van der Waals surface area contributed by atoms with Crippen LogP contribution in [0.25, 0.3) is 0 Å². The van der Waals surface area contributed by atoms with Crippen molar-refractivity contribution in [1.82, 2.24) is 5.32 Å². The van der Waals surface area contributed by atoms with Gasteiger partial charge in [-0.3, -0.25) is 0 Å². The number of fused-ring (bicyclic) bond motifs is 2. The Bertz CT molecular complexity index is 735. The molecule has 26 heavy (non-hydrogen) atoms. The molecule has 0 unspecified atom stereocenters. The highest BCUT2D eigenvalue weighted by Crippen LogP contribution is 2.23. The quantitative estimate of drug-likeness (QED) is 0.787. The highest BCUT2D eigenvalue weighted by atomic mass is 19.1. The fourth-order valence-electron chi connectivity index (χ4n) is 4.58. The number of furan rings is 1. The number of benzene rings is 1. The molecule has 0 aliphatic carbocycles. The van der Waals surface area contributed by atoms with Crippen molar-refractivity contribution in [3.63, 3.8) is 0 Å². The van der Waals surface area contributed by atoms with Crippen molar-refractivity contribution in [3.05, 3.63) is 54.2 Å². The second kappa shape index (κ2) is 7.50. The predicted octanol–water partition coefficient (Wildman–Crippen LogP) is 2.71. The third-order valence-electron chi connectivity index (χ3n) is 5.67. The first kappa shape index (κ1) is 17.1. The topological polar surface area (TPSA) is 58.7 Å². The van der Waals surface area contributed by atoms with Gasteiger partial charge in [0, 0.05) is 24.6 Å². The smallest absolute Gasteiger partial charge is 0.319 e. The average Bonchev–Trinajstić information content (AvgIpc) is 3.08. The van der Waals surface area contributed by atoms with E-state index in [0.717, 1.165) is 25.1 Å². The van der Waals surface area contributed by atoms with Crippen LogP contribution in [0.15, 0.2) is 47.1 Å². The van der Waals surface area contributed by atoms with E-state index in [2.05, 4.69) is 10.6 Å². The van der Waals surface area contributed by atoms with Gasteiger partial charge in [-0.2, -0.15) is 0 Å². The minimum absolute atomic E-state index is 0.166. The SMILES string of the molecule is O=C(Nc1cccc(F)c1)NC1C[C@H]2CCC[C@H](C1)[NH+]2Cc1ccco1. The summed E-state index contributed by atoms with van der Waals surface area (Å²) in [4.78, 5) is 13.9. The van der Waals surface area contributed by atoms with Gasteiger partial charge in [0.25, 0.3) is 0 Å². The standard InChI is InChI=1S/C20H24FN3O2/c21-14-4-1-5-15(10-14)22-20(25)23-16-11-17-6-2-7-18(12-16)24(17)13-19-8-3-9-26-19/h1,3-5,8-10,16-18H,2,6-7,11-13H2,(H2,22,23,25)/p+1/t17-,18-/m1/s1. The summed E-state index contributed by atoms with van der Waals surface area (Å²) in [5, 5.41) is 5.82. The van der Waals surface area contributed by atoms with E-state index >= 15 is 0 Å². The van der Waals surface area contributed by atoms with Crippen molar-refractivity contribution < 1.29 is 18.5 Å². The molecule has 0 radical (unpaired) electrons. The summed E-state index contributed by atoms with van der Waals surface area (Å²) in [7, 11) is 0. The maximum Gasteiger partial charge on any atom is 0.319 e. The largest absolute Gasteiger partial charge is 0.463 e. The highest BCUT2D eigenvalue weighted by Gasteiger charge is 2.42. The van der Waals surface area contributed by atoms with Gasteiger partial charge in [0.2, 0.25) is 0 Å². The maximum atomic E-state index is 13.2. The molecule has 3 heterocycles. The third kappa shape index (κ3) is 3.90. The van der Waals surface area contributed by atoms with Crippen LogP contribution in [-0.2, 0) is 6.54 Å². The second-order valence-electron chi connectivity index (χ2n) is 7.43. The monoisotopic (exact) mass is 358 g/mol. The number of carbonyl (C=O) groups is 1. The van der Waals surface area contributed by atoms with Gasteiger partial charge < -0.3 is 20.0 Å². The van der Waals surface area contributed by atoms with Gasteiger partial charge in [-0.05, 0) is 49.6 Å². The van der Waals surface area contributed by atoms with Gasteiger partial charge in [0.1, 0.15) is 12.4 Å². The Labute approximate surface area is 152 Å². The number of carbonyl (C=O) groups excluding carboxylic acids is 1. The number of nitrogens with one attached hydrogen (secondary N) is 3. The summed E-state index contributed by atoms with van der Waals surface area (Å²) < 4.78 is 18.8. The minimum Gasteiger partial charge on any atom is -0.463 e. The van der Waals surface area contributed by atoms with Gasteiger partial charge in [-0.1, -0.05) is 6.07 Å². The lowest BCUT2D eigenvalue weighted by molar-refractivity contribution is -0.974. The van der Waals surface area contributed by atoms with E-state index in [4.69, 9.17) is 4.42 Å². The van der Waals surface area contributed by atoms with Gasteiger partial charge >= 0.3 is 6.03 Å². The first-order valence-electron chi connectivity index (χ1n) is 9.38. The molecule has 2 saturated heterocycles. The molecule has 2 aliphatic rings. The highest BCUT2D eigenvalue weighted by molar-refractivity contribution is 5.89. The first-order valence-corrected chi connectivity index (χ1v) is 9.38. The fraction of sp³-hybridized carbons (Fsp3) is 0.450. The molecule has 5 nitrogen and oxygen atoms in total. The summed E-state index contributed by atoms with van der Waals surface area (Å²) in [6, 6.07) is 11.0. The molecule has 2 aliphatic heterocycles. The Balaban J connectivity index is 1.35. The molecule has 2 atom stereocenters. The molecular weight excluding hydrogens is 333 g/mol. The Hall–Kier alpha value is -2.34. The van der Waals surface area contributed by atoms with E-state index in [1.807, 2.05) is 12.1 Å². The second-order valence-corrected chi connectivity index (χ2v) is 7.43. The van der Waals surface area contributed by atoms with Crippen LogP contribution in [0.5, 0.6) is 0 Å². The maximum absolute atomic E-state index is 13.2. The van der Waals surface area contributed by atoms with Crippen molar-refractivity contribution >= 4 is 11.7 Å². The average molecular weight is 358 g/mol. The molecule has 0 saturated carbocycles. The first-order chi connectivity index (χ1) is 12.7. The van der Waals surface area contributed by atoms with E-state index in [-0.39, 0.29) is 17.9 Å². The molecule has 138 valence electrons. The van der Waals surface area contributed by atoms with Crippen LogP contribution in [0.4, 0.5) is 14.9 Å². The van der Waals surface area contributed by atoms with Crippen molar-refractivity contribution in [2.24, 2.45) is 0 Å². The number of amides is 2. The number of rotatable bonds is 4. The molecule has 3 N–H and O–H groups in total. The fourth-order valence-corrected chi connectivity index (χ4v) is 4.58. The van der Waals surface area contributed by atoms with Gasteiger partial charge in [0.05, 0.1) is 18.3 Å². The molecule has 1 aromatic heterocycles. The predicted molar refractivity (Wildman–Crippen MR) is 96.4 cm³/mol. The normalized spacial score (nSPS) is 27.7. The lowest BCUT2D eigenvalue weighted by Gasteiger charge is -2.45. The van der Waals surface area contributed by atoms with E-state index in [0.29, 0.717) is 17.8 Å². The Morgan fingerprint density at radius 3 is 2.69 bits per heavy atom. The molecule has 2 bridgehead atoms. The minimum atomic E-state index is -0.354. The summed E-state index contributed by atoms with van der Waals surface area (Å²) in [6.45, 7) is 0.921. The molecule has 6 heteroatoms. The molecule has 2 amide bonds. The van der Waals surface area contributed by atoms with Crippen LogP contribution in [0, 0.1) is 5.82 Å². The Kier molecular flexibility index (Phi) is 4.93. The zero-order chi connectivity index (χ0) is 17.9. The number of hydrogen-bond donors (Lipinski definition) is 3. The van der Waals surface area contributed by atoms with E-state index in [1.165, 1.54) is 31.4 Å². The van der Waals surface area contributed by atoms with Crippen molar-refractivity contribution in [3.8, 4) is 0 Å². The molecule has 0 spiro atoms. The number of quaternary nitrogens is 1. The summed E-state index contributed by atoms with van der Waals surface area (Å²) in [5.41, 5.74) is 0.476. The number of piperidine rings is 2. The lowest BCUT2D eigenvalue weighted by Crippen LogP contribution is -3.20.